The van der Waals surface area contributed by atoms with Gasteiger partial charge in [0, 0.05) is 17.2 Å². The number of amides is 1. The van der Waals surface area contributed by atoms with E-state index in [1.54, 1.807) is 42.5 Å². The lowest BCUT2D eigenvalue weighted by Gasteiger charge is -2.23. The van der Waals surface area contributed by atoms with Gasteiger partial charge in [-0.3, -0.25) is 19.2 Å². The molecule has 0 aliphatic rings. The van der Waals surface area contributed by atoms with Gasteiger partial charge in [0.05, 0.1) is 21.7 Å². The summed E-state index contributed by atoms with van der Waals surface area (Å²) in [6.45, 7) is -0.590. The van der Waals surface area contributed by atoms with Crippen LogP contribution in [0.3, 0.4) is 0 Å². The van der Waals surface area contributed by atoms with Crippen LogP contribution in [0.1, 0.15) is 5.56 Å². The molecule has 0 aromatic heterocycles. The first-order chi connectivity index (χ1) is 15.3. The summed E-state index contributed by atoms with van der Waals surface area (Å²) < 4.78 is 27.2. The smallest absolute Gasteiger partial charge is 0.269 e. The molecule has 1 N–H and O–H groups in total. The molecule has 3 aromatic carbocycles. The minimum Gasteiger partial charge on any atom is -0.271 e. The minimum absolute atomic E-state index is 0.0316. The van der Waals surface area contributed by atoms with E-state index in [2.05, 4.69) is 10.5 Å². The normalized spacial score (nSPS) is 11.3. The van der Waals surface area contributed by atoms with Crippen LogP contribution in [0.15, 0.2) is 88.9 Å². The topological polar surface area (TPSA) is 122 Å². The van der Waals surface area contributed by atoms with Crippen molar-refractivity contribution in [2.24, 2.45) is 5.10 Å². The van der Waals surface area contributed by atoms with Crippen LogP contribution in [0.5, 0.6) is 0 Å². The Hall–Kier alpha value is -3.76. The maximum Gasteiger partial charge on any atom is 0.269 e. The predicted octanol–water partition coefficient (Wildman–Crippen LogP) is 3.59. The van der Waals surface area contributed by atoms with Crippen molar-refractivity contribution in [2.45, 2.75) is 4.90 Å². The van der Waals surface area contributed by atoms with E-state index < -0.39 is 27.4 Å². The third kappa shape index (κ3) is 5.68. The Morgan fingerprint density at radius 2 is 1.66 bits per heavy atom. The Labute approximate surface area is 189 Å². The maximum absolute atomic E-state index is 13.2. The summed E-state index contributed by atoms with van der Waals surface area (Å²) >= 11 is 5.82. The number of anilines is 1. The Balaban J connectivity index is 1.84. The molecular weight excluding hydrogens is 456 g/mol. The molecule has 0 atom stereocenters. The Kier molecular flexibility index (Phi) is 7.18. The zero-order valence-electron chi connectivity index (χ0n) is 16.5. The molecule has 0 aliphatic carbocycles. The number of nitro benzene ring substituents is 1. The molecular formula is C21H17ClN4O5S. The maximum atomic E-state index is 13.2. The second kappa shape index (κ2) is 10.0. The van der Waals surface area contributed by atoms with Crippen LogP contribution in [0.2, 0.25) is 5.02 Å². The van der Waals surface area contributed by atoms with Crippen molar-refractivity contribution in [3.8, 4) is 0 Å². The van der Waals surface area contributed by atoms with Gasteiger partial charge < -0.3 is 0 Å². The third-order valence-electron chi connectivity index (χ3n) is 4.24. The lowest BCUT2D eigenvalue weighted by atomic mass is 10.2. The number of benzene rings is 3. The van der Waals surface area contributed by atoms with Crippen LogP contribution in [0.25, 0.3) is 0 Å². The molecule has 164 valence electrons. The number of nitro groups is 1. The number of carbonyl (C=O) groups is 1. The molecule has 0 unspecified atom stereocenters. The minimum atomic E-state index is -4.13. The third-order valence-corrected chi connectivity index (χ3v) is 6.28. The zero-order valence-corrected chi connectivity index (χ0v) is 18.0. The van der Waals surface area contributed by atoms with Crippen molar-refractivity contribution in [1.82, 2.24) is 5.43 Å². The molecule has 3 aromatic rings. The molecule has 3 rings (SSSR count). The van der Waals surface area contributed by atoms with Crippen molar-refractivity contribution in [1.29, 1.82) is 0 Å². The number of rotatable bonds is 8. The first-order valence-electron chi connectivity index (χ1n) is 9.17. The van der Waals surface area contributed by atoms with E-state index >= 15 is 0 Å². The van der Waals surface area contributed by atoms with Crippen molar-refractivity contribution in [3.63, 3.8) is 0 Å². The van der Waals surface area contributed by atoms with Crippen molar-refractivity contribution < 1.29 is 18.1 Å². The SMILES string of the molecule is O=C(CN(c1ccc([N+](=O)[O-])cc1)S(=O)(=O)c1ccccc1)N/N=C\c1ccc(Cl)cc1. The monoisotopic (exact) mass is 472 g/mol. The molecule has 1 amide bonds. The first kappa shape index (κ1) is 22.9. The van der Waals surface area contributed by atoms with Crippen LogP contribution in [-0.2, 0) is 14.8 Å². The Bertz CT molecular complexity index is 1230. The van der Waals surface area contributed by atoms with E-state index in [1.807, 2.05) is 0 Å². The average Bonchev–Trinajstić information content (AvgIpc) is 2.79. The molecule has 0 bridgehead atoms. The van der Waals surface area contributed by atoms with E-state index in [9.17, 15) is 23.3 Å². The summed E-state index contributed by atoms with van der Waals surface area (Å²) in [5.74, 6) is -0.701. The Morgan fingerprint density at radius 1 is 1.03 bits per heavy atom. The van der Waals surface area contributed by atoms with Crippen LogP contribution in [0.4, 0.5) is 11.4 Å². The van der Waals surface area contributed by atoms with Gasteiger partial charge in [-0.1, -0.05) is 41.9 Å². The van der Waals surface area contributed by atoms with Crippen LogP contribution in [-0.4, -0.2) is 32.0 Å². The summed E-state index contributed by atoms with van der Waals surface area (Å²) in [6.07, 6.45) is 1.39. The number of hydrogen-bond acceptors (Lipinski definition) is 6. The summed E-state index contributed by atoms with van der Waals surface area (Å²) in [7, 11) is -4.13. The molecule has 0 saturated heterocycles. The summed E-state index contributed by atoms with van der Waals surface area (Å²) in [5.41, 5.74) is 2.85. The van der Waals surface area contributed by atoms with E-state index in [1.165, 1.54) is 42.6 Å². The first-order valence-corrected chi connectivity index (χ1v) is 11.0. The van der Waals surface area contributed by atoms with Gasteiger partial charge in [-0.15, -0.1) is 0 Å². The molecule has 0 fully saturated rings. The summed E-state index contributed by atoms with van der Waals surface area (Å²) in [5, 5.41) is 15.3. The van der Waals surface area contributed by atoms with Gasteiger partial charge in [0.1, 0.15) is 6.54 Å². The molecule has 9 nitrogen and oxygen atoms in total. The highest BCUT2D eigenvalue weighted by Crippen LogP contribution is 2.25. The summed E-state index contributed by atoms with van der Waals surface area (Å²) in [6, 6.07) is 19.1. The van der Waals surface area contributed by atoms with Gasteiger partial charge in [-0.2, -0.15) is 5.10 Å². The quantitative estimate of drug-likeness (QED) is 0.305. The molecule has 32 heavy (non-hydrogen) atoms. The van der Waals surface area contributed by atoms with E-state index in [0.29, 0.717) is 10.6 Å². The van der Waals surface area contributed by atoms with E-state index in [0.717, 1.165) is 4.31 Å². The number of nitrogens with zero attached hydrogens (tertiary/aromatic N) is 3. The lowest BCUT2D eigenvalue weighted by Crippen LogP contribution is -2.39. The standard InChI is InChI=1S/C21H17ClN4O5S/c22-17-8-6-16(7-9-17)14-23-24-21(27)15-25(18-10-12-19(13-11-18)26(28)29)32(30,31)20-4-2-1-3-5-20/h1-14H,15H2,(H,24,27)/b23-14-. The zero-order chi connectivity index (χ0) is 23.1. The molecule has 0 spiro atoms. The number of halogens is 1. The van der Waals surface area contributed by atoms with Crippen molar-refractivity contribution in [2.75, 3.05) is 10.8 Å². The van der Waals surface area contributed by atoms with Crippen molar-refractivity contribution in [3.05, 3.63) is 99.6 Å². The van der Waals surface area contributed by atoms with Crippen molar-refractivity contribution >= 4 is 45.1 Å². The van der Waals surface area contributed by atoms with E-state index in [-0.39, 0.29) is 16.3 Å². The number of sulfonamides is 1. The van der Waals surface area contributed by atoms with E-state index in [4.69, 9.17) is 11.6 Å². The van der Waals surface area contributed by atoms with Gasteiger partial charge >= 0.3 is 0 Å². The highest BCUT2D eigenvalue weighted by atomic mass is 35.5. The number of hydrazone groups is 1. The van der Waals surface area contributed by atoms with Crippen LogP contribution < -0.4 is 9.73 Å². The van der Waals surface area contributed by atoms with Gasteiger partial charge in [0.25, 0.3) is 21.6 Å². The molecule has 0 heterocycles. The number of non-ortho nitro benzene ring substituents is 1. The van der Waals surface area contributed by atoms with Gasteiger partial charge in [-0.05, 0) is 42.0 Å². The molecule has 11 heteroatoms. The number of hydrogen-bond donors (Lipinski definition) is 1. The predicted molar refractivity (Wildman–Crippen MR) is 121 cm³/mol. The summed E-state index contributed by atoms with van der Waals surface area (Å²) in [4.78, 5) is 22.8. The molecule has 0 saturated carbocycles. The fraction of sp³-hybridized carbons (Fsp3) is 0.0476. The fourth-order valence-electron chi connectivity index (χ4n) is 2.67. The second-order valence-electron chi connectivity index (χ2n) is 6.44. The highest BCUT2D eigenvalue weighted by molar-refractivity contribution is 7.92. The second-order valence-corrected chi connectivity index (χ2v) is 8.74. The van der Waals surface area contributed by atoms with Crippen LogP contribution in [0, 0.1) is 10.1 Å². The average molecular weight is 473 g/mol. The van der Waals surface area contributed by atoms with Gasteiger partial charge in [0.2, 0.25) is 0 Å². The lowest BCUT2D eigenvalue weighted by molar-refractivity contribution is -0.384. The number of nitrogens with one attached hydrogen (secondary N) is 1. The number of carbonyl (C=O) groups excluding carboxylic acids is 1. The van der Waals surface area contributed by atoms with Gasteiger partial charge in [-0.25, -0.2) is 13.8 Å². The molecule has 0 radical (unpaired) electrons. The fourth-order valence-corrected chi connectivity index (χ4v) is 4.24. The van der Waals surface area contributed by atoms with Crippen LogP contribution >= 0.6 is 11.6 Å². The largest absolute Gasteiger partial charge is 0.271 e. The highest BCUT2D eigenvalue weighted by Gasteiger charge is 2.27. The molecule has 0 aliphatic heterocycles. The van der Waals surface area contributed by atoms with Gasteiger partial charge in [0.15, 0.2) is 0 Å². The Morgan fingerprint density at radius 3 is 2.25 bits per heavy atom.